The summed E-state index contributed by atoms with van der Waals surface area (Å²) in [5.41, 5.74) is 5.90. The molecule has 0 spiro atoms. The van der Waals surface area contributed by atoms with Gasteiger partial charge in [0, 0.05) is 18.5 Å². The van der Waals surface area contributed by atoms with Crippen molar-refractivity contribution in [2.24, 2.45) is 11.7 Å². The topological polar surface area (TPSA) is 64.4 Å². The molecule has 1 aromatic carbocycles. The molecule has 2 atom stereocenters. The van der Waals surface area contributed by atoms with E-state index in [1.165, 1.54) is 12.1 Å². The van der Waals surface area contributed by atoms with Gasteiger partial charge in [-0.3, -0.25) is 4.79 Å². The number of hydrogen-bond donors (Lipinski definition) is 2. The minimum atomic E-state index is -0.266. The van der Waals surface area contributed by atoms with Crippen molar-refractivity contribution in [1.82, 2.24) is 5.32 Å². The maximum atomic E-state index is 12.7. The average Bonchev–Trinajstić information content (AvgIpc) is 2.52. The molecule has 1 amide bonds. The molecular weight excluding hydrogens is 319 g/mol. The molecule has 1 aliphatic carbocycles. The normalized spacial score (nSPS) is 20.4. The Labute approximate surface area is 143 Å². The first-order valence-corrected chi connectivity index (χ1v) is 8.07. The molecule has 0 radical (unpaired) electrons. The van der Waals surface area contributed by atoms with Crippen molar-refractivity contribution in [3.05, 3.63) is 30.1 Å². The predicted molar refractivity (Wildman–Crippen MR) is 91.3 cm³/mol. The van der Waals surface area contributed by atoms with Gasteiger partial charge in [0.25, 0.3) is 0 Å². The number of ether oxygens (including phenoxy) is 1. The van der Waals surface area contributed by atoms with Crippen LogP contribution >= 0.6 is 12.4 Å². The number of nitrogens with two attached hydrogens (primary N) is 1. The fourth-order valence-electron chi connectivity index (χ4n) is 2.77. The van der Waals surface area contributed by atoms with Gasteiger partial charge in [-0.05, 0) is 56.4 Å². The van der Waals surface area contributed by atoms with Gasteiger partial charge in [-0.1, -0.05) is 6.42 Å². The van der Waals surface area contributed by atoms with Crippen LogP contribution in [0, 0.1) is 11.7 Å². The number of carbonyl (C=O) groups excluding carboxylic acids is 1. The third kappa shape index (κ3) is 7.18. The van der Waals surface area contributed by atoms with Gasteiger partial charge in [-0.15, -0.1) is 12.4 Å². The van der Waals surface area contributed by atoms with E-state index in [2.05, 4.69) is 5.32 Å². The number of amides is 1. The third-order valence-electron chi connectivity index (χ3n) is 4.04. The minimum Gasteiger partial charge on any atom is -0.494 e. The number of hydrogen-bond acceptors (Lipinski definition) is 3. The van der Waals surface area contributed by atoms with E-state index in [0.29, 0.717) is 18.9 Å². The Balaban J connectivity index is 0.00000264. The molecule has 0 bridgehead atoms. The first kappa shape index (κ1) is 19.7. The summed E-state index contributed by atoms with van der Waals surface area (Å²) in [6.07, 6.45) is 5.55. The van der Waals surface area contributed by atoms with Crippen LogP contribution < -0.4 is 15.8 Å². The first-order valence-electron chi connectivity index (χ1n) is 8.07. The fourth-order valence-corrected chi connectivity index (χ4v) is 2.77. The summed E-state index contributed by atoms with van der Waals surface area (Å²) in [6, 6.07) is 6.16. The van der Waals surface area contributed by atoms with E-state index in [4.69, 9.17) is 10.5 Å². The Morgan fingerprint density at radius 1 is 1.26 bits per heavy atom. The van der Waals surface area contributed by atoms with Crippen LogP contribution in [0.4, 0.5) is 4.39 Å². The van der Waals surface area contributed by atoms with E-state index in [9.17, 15) is 9.18 Å². The van der Waals surface area contributed by atoms with Crippen molar-refractivity contribution in [2.75, 3.05) is 13.2 Å². The lowest BCUT2D eigenvalue weighted by Gasteiger charge is -2.25. The number of carbonyl (C=O) groups is 1. The molecule has 0 heterocycles. The number of rotatable bonds is 7. The minimum absolute atomic E-state index is 0. The second kappa shape index (κ2) is 10.4. The maximum Gasteiger partial charge on any atom is 0.223 e. The molecule has 23 heavy (non-hydrogen) atoms. The van der Waals surface area contributed by atoms with E-state index < -0.39 is 0 Å². The Kier molecular flexibility index (Phi) is 8.95. The molecule has 0 saturated heterocycles. The van der Waals surface area contributed by atoms with E-state index >= 15 is 0 Å². The van der Waals surface area contributed by atoms with Gasteiger partial charge in [0.05, 0.1) is 6.61 Å². The van der Waals surface area contributed by atoms with Crippen LogP contribution in [0.3, 0.4) is 0 Å². The highest BCUT2D eigenvalue weighted by Gasteiger charge is 2.24. The summed E-state index contributed by atoms with van der Waals surface area (Å²) < 4.78 is 18.2. The lowest BCUT2D eigenvalue weighted by atomic mass is 9.85. The monoisotopic (exact) mass is 344 g/mol. The molecule has 6 heteroatoms. The summed E-state index contributed by atoms with van der Waals surface area (Å²) in [4.78, 5) is 12.0. The van der Waals surface area contributed by atoms with E-state index in [1.54, 1.807) is 12.1 Å². The van der Waals surface area contributed by atoms with Gasteiger partial charge in [0.15, 0.2) is 0 Å². The van der Waals surface area contributed by atoms with Crippen molar-refractivity contribution in [2.45, 2.75) is 44.6 Å². The largest absolute Gasteiger partial charge is 0.494 e. The van der Waals surface area contributed by atoms with Gasteiger partial charge in [-0.25, -0.2) is 4.39 Å². The van der Waals surface area contributed by atoms with E-state index in [-0.39, 0.29) is 36.1 Å². The molecule has 2 unspecified atom stereocenters. The number of halogens is 2. The second-order valence-electron chi connectivity index (χ2n) is 5.92. The van der Waals surface area contributed by atoms with Crippen LogP contribution in [-0.4, -0.2) is 25.1 Å². The van der Waals surface area contributed by atoms with Crippen LogP contribution in [0.1, 0.15) is 38.5 Å². The number of unbranched alkanes of at least 4 members (excludes halogenated alkanes) is 1. The molecule has 2 rings (SSSR count). The fraction of sp³-hybridized carbons (Fsp3) is 0.588. The molecule has 0 aromatic heterocycles. The Bertz CT molecular complexity index is 470. The van der Waals surface area contributed by atoms with E-state index in [1.807, 2.05) is 0 Å². The quantitative estimate of drug-likeness (QED) is 0.747. The molecule has 4 nitrogen and oxygen atoms in total. The molecule has 1 aliphatic rings. The van der Waals surface area contributed by atoms with Crippen LogP contribution in [-0.2, 0) is 4.79 Å². The number of benzene rings is 1. The Morgan fingerprint density at radius 3 is 2.70 bits per heavy atom. The summed E-state index contributed by atoms with van der Waals surface area (Å²) in [5.74, 6) is 0.618. The van der Waals surface area contributed by atoms with Crippen LogP contribution in [0.15, 0.2) is 24.3 Å². The van der Waals surface area contributed by atoms with Gasteiger partial charge in [0.1, 0.15) is 11.6 Å². The molecule has 1 saturated carbocycles. The van der Waals surface area contributed by atoms with Crippen LogP contribution in [0.5, 0.6) is 5.75 Å². The van der Waals surface area contributed by atoms with Crippen LogP contribution in [0.25, 0.3) is 0 Å². The number of nitrogens with one attached hydrogen (secondary N) is 1. The highest BCUT2D eigenvalue weighted by Crippen LogP contribution is 2.23. The second-order valence-corrected chi connectivity index (χ2v) is 5.92. The molecule has 3 N–H and O–H groups in total. The van der Waals surface area contributed by atoms with Crippen molar-refractivity contribution in [3.8, 4) is 5.75 Å². The van der Waals surface area contributed by atoms with E-state index in [0.717, 1.165) is 38.5 Å². The van der Waals surface area contributed by atoms with Gasteiger partial charge in [0.2, 0.25) is 5.91 Å². The molecule has 0 aliphatic heterocycles. The highest BCUT2D eigenvalue weighted by atomic mass is 35.5. The molecule has 1 aromatic rings. The zero-order valence-corrected chi connectivity index (χ0v) is 14.1. The zero-order chi connectivity index (χ0) is 15.8. The Morgan fingerprint density at radius 2 is 2.00 bits per heavy atom. The molecule has 130 valence electrons. The highest BCUT2D eigenvalue weighted by molar-refractivity contribution is 5.85. The smallest absolute Gasteiger partial charge is 0.223 e. The van der Waals surface area contributed by atoms with Gasteiger partial charge in [-0.2, -0.15) is 0 Å². The van der Waals surface area contributed by atoms with Gasteiger partial charge >= 0.3 is 0 Å². The molecule has 1 fully saturated rings. The van der Waals surface area contributed by atoms with Crippen molar-refractivity contribution >= 4 is 18.3 Å². The first-order chi connectivity index (χ1) is 10.6. The average molecular weight is 345 g/mol. The van der Waals surface area contributed by atoms with Crippen molar-refractivity contribution in [3.63, 3.8) is 0 Å². The third-order valence-corrected chi connectivity index (χ3v) is 4.04. The van der Waals surface area contributed by atoms with Gasteiger partial charge < -0.3 is 15.8 Å². The summed E-state index contributed by atoms with van der Waals surface area (Å²) in [5, 5.41) is 2.98. The summed E-state index contributed by atoms with van der Waals surface area (Å²) >= 11 is 0. The van der Waals surface area contributed by atoms with Crippen molar-refractivity contribution < 1.29 is 13.9 Å². The van der Waals surface area contributed by atoms with Crippen molar-refractivity contribution in [1.29, 1.82) is 0 Å². The summed E-state index contributed by atoms with van der Waals surface area (Å²) in [6.45, 7) is 1.23. The standard InChI is InChI=1S/C17H25FN2O2.ClH/c18-14-6-8-16(9-7-14)22-11-2-1-10-20-17(21)13-4-3-5-15(19)12-13;/h6-9,13,15H,1-5,10-12,19H2,(H,20,21);1H. The summed E-state index contributed by atoms with van der Waals surface area (Å²) in [7, 11) is 0. The van der Waals surface area contributed by atoms with Crippen LogP contribution in [0.2, 0.25) is 0 Å². The molecular formula is C17H26ClFN2O2. The predicted octanol–water partition coefficient (Wildman–Crippen LogP) is 3.04. The lowest BCUT2D eigenvalue weighted by molar-refractivity contribution is -0.126. The SMILES string of the molecule is Cl.NC1CCCC(C(=O)NCCCCOc2ccc(F)cc2)C1. The lowest BCUT2D eigenvalue weighted by Crippen LogP contribution is -2.38. The Hall–Kier alpha value is -1.33. The maximum absolute atomic E-state index is 12.7. The zero-order valence-electron chi connectivity index (χ0n) is 13.3.